The number of ether oxygens (including phenoxy) is 2. The van der Waals surface area contributed by atoms with Crippen molar-refractivity contribution >= 4 is 11.6 Å². The van der Waals surface area contributed by atoms with Crippen LogP contribution in [-0.4, -0.2) is 16.3 Å². The summed E-state index contributed by atoms with van der Waals surface area (Å²) in [5.41, 5.74) is 0. The Hall–Kier alpha value is -2.02. The Bertz CT molecular complexity index is 561. The van der Waals surface area contributed by atoms with Gasteiger partial charge < -0.3 is 9.47 Å². The van der Waals surface area contributed by atoms with Crippen LogP contribution in [0, 0.1) is 0 Å². The van der Waals surface area contributed by atoms with E-state index in [9.17, 15) is 13.2 Å². The van der Waals surface area contributed by atoms with Crippen LogP contribution in [0.1, 0.15) is 0 Å². The minimum absolute atomic E-state index is 0.136. The summed E-state index contributed by atoms with van der Waals surface area (Å²) in [6.45, 7) is 0. The first-order valence-electron chi connectivity index (χ1n) is 4.93. The molecule has 0 saturated heterocycles. The summed E-state index contributed by atoms with van der Waals surface area (Å²) < 4.78 is 44.8. The smallest absolute Gasteiger partial charge is 0.437 e. The first kappa shape index (κ1) is 13.4. The van der Waals surface area contributed by atoms with Crippen LogP contribution in [0.2, 0.25) is 5.15 Å². The minimum atomic E-state index is -4.72. The van der Waals surface area contributed by atoms with Gasteiger partial charge in [0.2, 0.25) is 5.88 Å². The zero-order chi connectivity index (χ0) is 13.9. The predicted octanol–water partition coefficient (Wildman–Crippen LogP) is 3.82. The fourth-order valence-electron chi connectivity index (χ4n) is 1.20. The first-order valence-corrected chi connectivity index (χ1v) is 5.31. The second-order valence-corrected chi connectivity index (χ2v) is 3.69. The summed E-state index contributed by atoms with van der Waals surface area (Å²) in [7, 11) is 0. The summed E-state index contributed by atoms with van der Waals surface area (Å²) >= 11 is 5.61. The quantitative estimate of drug-likeness (QED) is 0.862. The molecular weight excluding hydrogens is 285 g/mol. The third kappa shape index (κ3) is 4.29. The average molecular weight is 291 g/mol. The standard InChI is InChI=1S/C11H6ClF3N2O2/c12-9-5-16-6-10(17-9)18-7-1-3-8(4-2-7)19-11(13,14)15/h1-6H. The third-order valence-corrected chi connectivity index (χ3v) is 2.04. The molecule has 2 rings (SSSR count). The van der Waals surface area contributed by atoms with Gasteiger partial charge in [-0.2, -0.15) is 4.98 Å². The monoisotopic (exact) mass is 290 g/mol. The van der Waals surface area contributed by atoms with Gasteiger partial charge in [-0.15, -0.1) is 13.2 Å². The largest absolute Gasteiger partial charge is 0.573 e. The lowest BCUT2D eigenvalue weighted by molar-refractivity contribution is -0.274. The molecule has 0 amide bonds. The molecule has 0 N–H and O–H groups in total. The third-order valence-electron chi connectivity index (χ3n) is 1.86. The van der Waals surface area contributed by atoms with E-state index in [1.54, 1.807) is 0 Å². The van der Waals surface area contributed by atoms with Gasteiger partial charge in [0.15, 0.2) is 5.15 Å². The summed E-state index contributed by atoms with van der Waals surface area (Å²) in [5.74, 6) is 0.0834. The molecule has 0 saturated carbocycles. The maximum absolute atomic E-state index is 11.9. The Morgan fingerprint density at radius 3 is 2.21 bits per heavy atom. The van der Waals surface area contributed by atoms with Gasteiger partial charge >= 0.3 is 6.36 Å². The van der Waals surface area contributed by atoms with Crippen LogP contribution in [0.25, 0.3) is 0 Å². The molecule has 0 aliphatic heterocycles. The number of nitrogens with zero attached hydrogens (tertiary/aromatic N) is 2. The van der Waals surface area contributed by atoms with Gasteiger partial charge in [0.25, 0.3) is 0 Å². The highest BCUT2D eigenvalue weighted by atomic mass is 35.5. The van der Waals surface area contributed by atoms with Crippen LogP contribution >= 0.6 is 11.6 Å². The number of halogens is 4. The molecule has 4 nitrogen and oxygen atoms in total. The molecule has 1 aromatic heterocycles. The molecule has 0 radical (unpaired) electrons. The Morgan fingerprint density at radius 1 is 1.00 bits per heavy atom. The number of rotatable bonds is 3. The molecule has 100 valence electrons. The summed E-state index contributed by atoms with van der Waals surface area (Å²) in [6.07, 6.45) is -2.07. The summed E-state index contributed by atoms with van der Waals surface area (Å²) in [5, 5.41) is 0.148. The molecule has 8 heteroatoms. The second-order valence-electron chi connectivity index (χ2n) is 3.30. The van der Waals surface area contributed by atoms with Crippen LogP contribution in [-0.2, 0) is 0 Å². The molecule has 1 heterocycles. The van der Waals surface area contributed by atoms with E-state index >= 15 is 0 Å². The summed E-state index contributed by atoms with van der Waals surface area (Å²) in [6, 6.07) is 4.87. The molecule has 0 bridgehead atoms. The maximum Gasteiger partial charge on any atom is 0.573 e. The number of hydrogen-bond acceptors (Lipinski definition) is 4. The van der Waals surface area contributed by atoms with E-state index in [-0.39, 0.29) is 22.5 Å². The van der Waals surface area contributed by atoms with Crippen molar-refractivity contribution in [3.05, 3.63) is 41.8 Å². The molecular formula is C11H6ClF3N2O2. The molecule has 2 aromatic rings. The van der Waals surface area contributed by atoms with Crippen molar-refractivity contribution in [3.63, 3.8) is 0 Å². The van der Waals surface area contributed by atoms with Gasteiger partial charge in [0, 0.05) is 0 Å². The maximum atomic E-state index is 11.9. The summed E-state index contributed by atoms with van der Waals surface area (Å²) in [4.78, 5) is 7.57. The van der Waals surface area contributed by atoms with E-state index in [4.69, 9.17) is 16.3 Å². The van der Waals surface area contributed by atoms with E-state index in [2.05, 4.69) is 14.7 Å². The van der Waals surface area contributed by atoms with Crippen LogP contribution in [0.4, 0.5) is 13.2 Å². The number of hydrogen-bond donors (Lipinski definition) is 0. The number of benzene rings is 1. The Morgan fingerprint density at radius 2 is 1.63 bits per heavy atom. The molecule has 0 aliphatic rings. The molecule has 19 heavy (non-hydrogen) atoms. The van der Waals surface area contributed by atoms with E-state index in [0.29, 0.717) is 0 Å². The molecule has 0 aliphatic carbocycles. The van der Waals surface area contributed by atoms with Crippen LogP contribution in [0.3, 0.4) is 0 Å². The van der Waals surface area contributed by atoms with E-state index in [1.165, 1.54) is 24.5 Å². The van der Waals surface area contributed by atoms with E-state index in [0.717, 1.165) is 12.1 Å². The molecule has 0 fully saturated rings. The van der Waals surface area contributed by atoms with Gasteiger partial charge in [-0.3, -0.25) is 4.98 Å². The highest BCUT2D eigenvalue weighted by Gasteiger charge is 2.30. The average Bonchev–Trinajstić information content (AvgIpc) is 2.30. The Kier molecular flexibility index (Phi) is 3.75. The van der Waals surface area contributed by atoms with Crippen molar-refractivity contribution in [3.8, 4) is 17.4 Å². The molecule has 1 aromatic carbocycles. The predicted molar refractivity (Wildman–Crippen MR) is 60.2 cm³/mol. The van der Waals surface area contributed by atoms with E-state index < -0.39 is 6.36 Å². The zero-order valence-corrected chi connectivity index (χ0v) is 9.94. The van der Waals surface area contributed by atoms with Gasteiger partial charge in [0.05, 0.1) is 12.4 Å². The fourth-order valence-corrected chi connectivity index (χ4v) is 1.34. The van der Waals surface area contributed by atoms with Crippen LogP contribution in [0.5, 0.6) is 17.4 Å². The van der Waals surface area contributed by atoms with Crippen molar-refractivity contribution in [2.75, 3.05) is 0 Å². The van der Waals surface area contributed by atoms with Crippen molar-refractivity contribution in [1.82, 2.24) is 9.97 Å². The van der Waals surface area contributed by atoms with E-state index in [1.807, 2.05) is 0 Å². The van der Waals surface area contributed by atoms with Crippen molar-refractivity contribution in [2.24, 2.45) is 0 Å². The minimum Gasteiger partial charge on any atom is -0.437 e. The topological polar surface area (TPSA) is 44.2 Å². The van der Waals surface area contributed by atoms with Gasteiger partial charge in [-0.25, -0.2) is 0 Å². The van der Waals surface area contributed by atoms with Crippen LogP contribution in [0.15, 0.2) is 36.7 Å². The lowest BCUT2D eigenvalue weighted by atomic mass is 10.3. The Labute approximate surface area is 110 Å². The van der Waals surface area contributed by atoms with Crippen molar-refractivity contribution in [1.29, 1.82) is 0 Å². The zero-order valence-electron chi connectivity index (χ0n) is 9.19. The van der Waals surface area contributed by atoms with Gasteiger partial charge in [-0.05, 0) is 24.3 Å². The SMILES string of the molecule is FC(F)(F)Oc1ccc(Oc2cncc(Cl)n2)cc1. The van der Waals surface area contributed by atoms with Gasteiger partial charge in [-0.1, -0.05) is 11.6 Å². The van der Waals surface area contributed by atoms with Crippen LogP contribution < -0.4 is 9.47 Å². The fraction of sp³-hybridized carbons (Fsp3) is 0.0909. The van der Waals surface area contributed by atoms with Gasteiger partial charge in [0.1, 0.15) is 11.5 Å². The number of alkyl halides is 3. The molecule has 0 unspecified atom stereocenters. The lowest BCUT2D eigenvalue weighted by Gasteiger charge is -2.09. The number of aromatic nitrogens is 2. The normalized spacial score (nSPS) is 11.2. The van der Waals surface area contributed by atoms with Crippen molar-refractivity contribution in [2.45, 2.75) is 6.36 Å². The lowest BCUT2D eigenvalue weighted by Crippen LogP contribution is -2.16. The molecule has 0 spiro atoms. The molecule has 0 atom stereocenters. The second kappa shape index (κ2) is 5.31. The highest BCUT2D eigenvalue weighted by molar-refractivity contribution is 6.29. The van der Waals surface area contributed by atoms with Crippen molar-refractivity contribution < 1.29 is 22.6 Å². The Balaban J connectivity index is 2.07. The first-order chi connectivity index (χ1) is 8.92. The highest BCUT2D eigenvalue weighted by Crippen LogP contribution is 2.26.